The predicted octanol–water partition coefficient (Wildman–Crippen LogP) is 2.84. The van der Waals surface area contributed by atoms with Gasteiger partial charge in [0.1, 0.15) is 0 Å². The number of anilines is 1. The van der Waals surface area contributed by atoms with Crippen LogP contribution in [-0.4, -0.2) is 25.9 Å². The molecule has 0 radical (unpaired) electrons. The zero-order valence-corrected chi connectivity index (χ0v) is 12.5. The Balaban J connectivity index is 1.65. The lowest BCUT2D eigenvalue weighted by Crippen LogP contribution is -2.13. The Morgan fingerprint density at radius 2 is 2.29 bits per heavy atom. The molecule has 112 valence electrons. The molecule has 2 heterocycles. The number of carbonyl (C=O) groups is 1. The zero-order chi connectivity index (χ0) is 14.8. The molecule has 21 heavy (non-hydrogen) atoms. The van der Waals surface area contributed by atoms with Crippen LogP contribution in [0.15, 0.2) is 12.1 Å². The minimum atomic E-state index is -0.210. The summed E-state index contributed by atoms with van der Waals surface area (Å²) < 4.78 is 1.93. The molecule has 0 bridgehead atoms. The quantitative estimate of drug-likeness (QED) is 0.857. The van der Waals surface area contributed by atoms with Crippen molar-refractivity contribution >= 4 is 11.7 Å². The van der Waals surface area contributed by atoms with Gasteiger partial charge in [-0.2, -0.15) is 10.2 Å². The molecule has 0 atom stereocenters. The first-order valence-electron chi connectivity index (χ1n) is 7.58. The molecular formula is C15H21N5O. The van der Waals surface area contributed by atoms with Crippen molar-refractivity contribution in [3.63, 3.8) is 0 Å². The third-order valence-corrected chi connectivity index (χ3v) is 3.79. The molecule has 0 spiro atoms. The number of hydrogen-bond acceptors (Lipinski definition) is 3. The Kier molecular flexibility index (Phi) is 3.77. The Bertz CT molecular complexity index is 638. The summed E-state index contributed by atoms with van der Waals surface area (Å²) in [5.41, 5.74) is 2.54. The lowest BCUT2D eigenvalue weighted by Gasteiger charge is -2.01. The van der Waals surface area contributed by atoms with Crippen LogP contribution in [0.25, 0.3) is 0 Å². The van der Waals surface area contributed by atoms with E-state index in [1.807, 2.05) is 23.7 Å². The summed E-state index contributed by atoms with van der Waals surface area (Å²) in [6.45, 7) is 5.03. The first kappa shape index (κ1) is 13.9. The first-order chi connectivity index (χ1) is 10.2. The number of nitrogens with zero attached hydrogens (tertiary/aromatic N) is 3. The summed E-state index contributed by atoms with van der Waals surface area (Å²) in [6.07, 6.45) is 4.58. The van der Waals surface area contributed by atoms with Gasteiger partial charge in [-0.05, 0) is 32.3 Å². The number of aromatic nitrogens is 4. The van der Waals surface area contributed by atoms with E-state index in [9.17, 15) is 4.79 Å². The number of unbranched alkanes of at least 4 members (excludes halogenated alkanes) is 1. The molecular weight excluding hydrogens is 266 g/mol. The number of aryl methyl sites for hydroxylation is 2. The summed E-state index contributed by atoms with van der Waals surface area (Å²) in [4.78, 5) is 12.2. The molecule has 3 rings (SSSR count). The Morgan fingerprint density at radius 1 is 1.48 bits per heavy atom. The Morgan fingerprint density at radius 3 is 3.00 bits per heavy atom. The molecule has 2 N–H and O–H groups in total. The molecule has 0 unspecified atom stereocenters. The van der Waals surface area contributed by atoms with Gasteiger partial charge in [0.15, 0.2) is 11.5 Å². The van der Waals surface area contributed by atoms with Gasteiger partial charge in [0.2, 0.25) is 0 Å². The molecule has 2 aromatic heterocycles. The van der Waals surface area contributed by atoms with E-state index in [0.29, 0.717) is 17.4 Å². The summed E-state index contributed by atoms with van der Waals surface area (Å²) in [6, 6.07) is 3.73. The van der Waals surface area contributed by atoms with Crippen molar-refractivity contribution in [3.8, 4) is 0 Å². The Hall–Kier alpha value is -2.11. The molecule has 6 heteroatoms. The van der Waals surface area contributed by atoms with Crippen LogP contribution < -0.4 is 5.32 Å². The van der Waals surface area contributed by atoms with Crippen LogP contribution >= 0.6 is 0 Å². The minimum Gasteiger partial charge on any atom is -0.304 e. The third-order valence-electron chi connectivity index (χ3n) is 3.79. The highest BCUT2D eigenvalue weighted by Gasteiger charge is 2.26. The van der Waals surface area contributed by atoms with Crippen molar-refractivity contribution < 1.29 is 4.79 Å². The Labute approximate surface area is 123 Å². The van der Waals surface area contributed by atoms with Gasteiger partial charge in [-0.15, -0.1) is 0 Å². The molecule has 2 aromatic rings. The van der Waals surface area contributed by atoms with E-state index < -0.39 is 0 Å². The highest BCUT2D eigenvalue weighted by molar-refractivity contribution is 6.02. The fraction of sp³-hybridized carbons (Fsp3) is 0.533. The average molecular weight is 287 g/mol. The summed E-state index contributed by atoms with van der Waals surface area (Å²) in [5.74, 6) is 0.942. The second-order valence-corrected chi connectivity index (χ2v) is 5.68. The van der Waals surface area contributed by atoms with Crippen LogP contribution in [0.5, 0.6) is 0 Å². The highest BCUT2D eigenvalue weighted by atomic mass is 16.2. The molecule has 0 aliphatic heterocycles. The maximum absolute atomic E-state index is 12.2. The normalized spacial score (nSPS) is 14.4. The van der Waals surface area contributed by atoms with Crippen molar-refractivity contribution in [1.82, 2.24) is 20.0 Å². The number of nitrogens with one attached hydrogen (secondary N) is 2. The number of rotatable bonds is 6. The summed E-state index contributed by atoms with van der Waals surface area (Å²) in [7, 11) is 0. The van der Waals surface area contributed by atoms with Gasteiger partial charge < -0.3 is 5.32 Å². The predicted molar refractivity (Wildman–Crippen MR) is 80.4 cm³/mol. The van der Waals surface area contributed by atoms with E-state index in [0.717, 1.165) is 30.8 Å². The van der Waals surface area contributed by atoms with Gasteiger partial charge in [-0.1, -0.05) is 13.3 Å². The standard InChI is InChI=1S/C15H21N5O/c1-3-4-7-20-10(2)8-14(19-20)16-15(21)13-9-12(17-18-13)11-5-6-11/h8-9,11H,3-7H2,1-2H3,(H,17,18)(H,16,19,21). The van der Waals surface area contributed by atoms with Crippen molar-refractivity contribution in [2.45, 2.75) is 52.0 Å². The van der Waals surface area contributed by atoms with Gasteiger partial charge in [-0.25, -0.2) is 0 Å². The molecule has 1 aliphatic carbocycles. The molecule has 6 nitrogen and oxygen atoms in total. The van der Waals surface area contributed by atoms with Crippen molar-refractivity contribution in [2.24, 2.45) is 0 Å². The molecule has 1 saturated carbocycles. The molecule has 0 aromatic carbocycles. The van der Waals surface area contributed by atoms with Crippen molar-refractivity contribution in [2.75, 3.05) is 5.32 Å². The second kappa shape index (κ2) is 5.71. The lowest BCUT2D eigenvalue weighted by molar-refractivity contribution is 0.102. The van der Waals surface area contributed by atoms with Crippen LogP contribution in [0.3, 0.4) is 0 Å². The first-order valence-corrected chi connectivity index (χ1v) is 7.58. The number of carbonyl (C=O) groups excluding carboxylic acids is 1. The number of hydrogen-bond donors (Lipinski definition) is 2. The summed E-state index contributed by atoms with van der Waals surface area (Å²) >= 11 is 0. The van der Waals surface area contributed by atoms with Crippen LogP contribution in [0.4, 0.5) is 5.82 Å². The van der Waals surface area contributed by atoms with Crippen LogP contribution in [0.2, 0.25) is 0 Å². The molecule has 1 fully saturated rings. The van der Waals surface area contributed by atoms with E-state index in [1.54, 1.807) is 0 Å². The fourth-order valence-electron chi connectivity index (χ4n) is 2.34. The zero-order valence-electron chi connectivity index (χ0n) is 12.5. The summed E-state index contributed by atoms with van der Waals surface area (Å²) in [5, 5.41) is 14.3. The number of aromatic amines is 1. The lowest BCUT2D eigenvalue weighted by atomic mass is 10.2. The average Bonchev–Trinajstić information content (AvgIpc) is 3.09. The van der Waals surface area contributed by atoms with E-state index in [4.69, 9.17) is 0 Å². The van der Waals surface area contributed by atoms with Gasteiger partial charge in [0.05, 0.1) is 0 Å². The van der Waals surface area contributed by atoms with Crippen molar-refractivity contribution in [1.29, 1.82) is 0 Å². The van der Waals surface area contributed by atoms with Gasteiger partial charge in [0.25, 0.3) is 5.91 Å². The van der Waals surface area contributed by atoms with Crippen LogP contribution in [0, 0.1) is 6.92 Å². The molecule has 1 amide bonds. The smallest absolute Gasteiger partial charge is 0.277 e. The second-order valence-electron chi connectivity index (χ2n) is 5.68. The third kappa shape index (κ3) is 3.15. The van der Waals surface area contributed by atoms with E-state index in [-0.39, 0.29) is 5.91 Å². The molecule has 1 aliphatic rings. The maximum Gasteiger partial charge on any atom is 0.277 e. The molecule has 0 saturated heterocycles. The van der Waals surface area contributed by atoms with E-state index >= 15 is 0 Å². The SMILES string of the molecule is CCCCn1nc(NC(=O)c2cc(C3CC3)[nH]n2)cc1C. The monoisotopic (exact) mass is 287 g/mol. The highest BCUT2D eigenvalue weighted by Crippen LogP contribution is 2.39. The van der Waals surface area contributed by atoms with Crippen LogP contribution in [-0.2, 0) is 6.54 Å². The van der Waals surface area contributed by atoms with Crippen LogP contribution in [0.1, 0.15) is 60.4 Å². The minimum absolute atomic E-state index is 0.210. The van der Waals surface area contributed by atoms with Gasteiger partial charge >= 0.3 is 0 Å². The maximum atomic E-state index is 12.2. The number of amides is 1. The fourth-order valence-corrected chi connectivity index (χ4v) is 2.34. The number of H-pyrrole nitrogens is 1. The largest absolute Gasteiger partial charge is 0.304 e. The van der Waals surface area contributed by atoms with Gasteiger partial charge in [-0.3, -0.25) is 14.6 Å². The van der Waals surface area contributed by atoms with E-state index in [1.165, 1.54) is 12.8 Å². The topological polar surface area (TPSA) is 75.6 Å². The van der Waals surface area contributed by atoms with Crippen molar-refractivity contribution in [3.05, 3.63) is 29.2 Å². The van der Waals surface area contributed by atoms with Gasteiger partial charge in [0, 0.05) is 29.9 Å². The van der Waals surface area contributed by atoms with E-state index in [2.05, 4.69) is 27.5 Å².